The maximum Gasteiger partial charge on any atom is 0.418 e. The van der Waals surface area contributed by atoms with E-state index in [4.69, 9.17) is 37.4 Å². The van der Waals surface area contributed by atoms with Crippen molar-refractivity contribution in [1.82, 2.24) is 4.90 Å². The van der Waals surface area contributed by atoms with E-state index in [1.807, 2.05) is 0 Å². The number of halogens is 2. The minimum Gasteiger partial charge on any atom is -0.462 e. The number of cyclic esters (lactones) is 1. The van der Waals surface area contributed by atoms with Crippen LogP contribution in [0.15, 0.2) is 36.4 Å². The highest BCUT2D eigenvalue weighted by molar-refractivity contribution is 6.36. The number of carbonyl (C=O) groups is 6. The Bertz CT molecular complexity index is 1710. The van der Waals surface area contributed by atoms with Gasteiger partial charge in [-0.05, 0) is 63.1 Å². The number of imide groups is 1. The van der Waals surface area contributed by atoms with Gasteiger partial charge in [0.1, 0.15) is 0 Å². The molecule has 0 bridgehead atoms. The molecule has 2 aromatic carbocycles. The Hall–Kier alpha value is -3.96. The Morgan fingerprint density at radius 3 is 1.51 bits per heavy atom. The summed E-state index contributed by atoms with van der Waals surface area (Å²) in [7, 11) is 0. The van der Waals surface area contributed by atoms with Crippen molar-refractivity contribution in [1.29, 1.82) is 0 Å². The molecule has 1 unspecified atom stereocenters. The second kappa shape index (κ2) is 26.3. The minimum absolute atomic E-state index is 0.00768. The largest absolute Gasteiger partial charge is 0.462 e. The van der Waals surface area contributed by atoms with Crippen LogP contribution in [0.5, 0.6) is 0 Å². The predicted octanol–water partition coefficient (Wildman–Crippen LogP) is 12.1. The Morgan fingerprint density at radius 2 is 1.07 bits per heavy atom. The Balaban J connectivity index is 1.66. The Morgan fingerprint density at radius 1 is 0.644 bits per heavy atom. The number of amides is 3. The standard InChI is InChI=1S/C46H64Cl2N2O9/c1-5-7-9-11-13-15-17-19-21-23-29-57-42(53)33-25-27-36(47)35(31-33)40(51)39(50-44(55)46(3,4)59-45(50)56)41(52)49-38-32-34(26-28-37(38)48)43(54)58-30-24-22-20-18-16-14-12-10-8-6-2/h25-28,31-32,39H,5-24,29-30H2,1-4H3,(H,49,52). The lowest BCUT2D eigenvalue weighted by molar-refractivity contribution is -0.137. The SMILES string of the molecule is CCCCCCCCCCCCOC(=O)c1ccc(Cl)c(NC(=O)C(C(=O)c2cc(C(=O)OCCCCCCCCCCCC)ccc2Cl)N2C(=O)OC(C)(C)C2=O)c1. The zero-order valence-corrected chi connectivity index (χ0v) is 37.0. The molecule has 1 atom stereocenters. The molecular weight excluding hydrogens is 795 g/mol. The first-order valence-corrected chi connectivity index (χ1v) is 22.4. The van der Waals surface area contributed by atoms with Crippen molar-refractivity contribution in [3.8, 4) is 0 Å². The molecule has 0 aliphatic carbocycles. The van der Waals surface area contributed by atoms with Crippen LogP contribution < -0.4 is 5.32 Å². The van der Waals surface area contributed by atoms with Gasteiger partial charge < -0.3 is 19.5 Å². The van der Waals surface area contributed by atoms with Crippen LogP contribution in [0.4, 0.5) is 10.5 Å². The second-order valence-corrected chi connectivity index (χ2v) is 16.6. The fourth-order valence-corrected chi connectivity index (χ4v) is 7.25. The first-order valence-electron chi connectivity index (χ1n) is 21.7. The maximum absolute atomic E-state index is 14.3. The summed E-state index contributed by atoms with van der Waals surface area (Å²) in [5.41, 5.74) is -1.98. The number of rotatable bonds is 29. The molecule has 3 rings (SSSR count). The monoisotopic (exact) mass is 858 g/mol. The summed E-state index contributed by atoms with van der Waals surface area (Å²) in [5, 5.41) is 2.37. The van der Waals surface area contributed by atoms with Gasteiger partial charge in [0.15, 0.2) is 17.4 Å². The number of nitrogens with zero attached hydrogens (tertiary/aromatic N) is 1. The van der Waals surface area contributed by atoms with E-state index in [1.54, 1.807) is 0 Å². The number of esters is 2. The van der Waals surface area contributed by atoms with E-state index in [9.17, 15) is 28.8 Å². The highest BCUT2D eigenvalue weighted by Gasteiger charge is 2.54. The van der Waals surface area contributed by atoms with E-state index in [-0.39, 0.29) is 45.6 Å². The van der Waals surface area contributed by atoms with Crippen LogP contribution in [0.3, 0.4) is 0 Å². The summed E-state index contributed by atoms with van der Waals surface area (Å²) in [6.07, 6.45) is 21.4. The van der Waals surface area contributed by atoms with E-state index < -0.39 is 47.3 Å². The molecule has 1 fully saturated rings. The fraction of sp³-hybridized carbons (Fsp3) is 0.609. The Kier molecular flexibility index (Phi) is 22.0. The molecule has 0 aromatic heterocycles. The predicted molar refractivity (Wildman–Crippen MR) is 231 cm³/mol. The summed E-state index contributed by atoms with van der Waals surface area (Å²) in [6, 6.07) is 5.83. The molecule has 0 saturated carbocycles. The van der Waals surface area contributed by atoms with Crippen molar-refractivity contribution in [2.75, 3.05) is 18.5 Å². The normalized spacial score (nSPS) is 13.9. The Labute approximate surface area is 360 Å². The van der Waals surface area contributed by atoms with E-state index in [0.29, 0.717) is 17.7 Å². The average Bonchev–Trinajstić information content (AvgIpc) is 3.41. The maximum atomic E-state index is 14.3. The fourth-order valence-electron chi connectivity index (χ4n) is 6.87. The molecule has 13 heteroatoms. The summed E-state index contributed by atoms with van der Waals surface area (Å²) in [5.74, 6) is -4.49. The number of benzene rings is 2. The average molecular weight is 860 g/mol. The number of carbonyl (C=O) groups excluding carboxylic acids is 6. The lowest BCUT2D eigenvalue weighted by Crippen LogP contribution is -2.53. The molecule has 0 radical (unpaired) electrons. The molecule has 1 aliphatic heterocycles. The first-order chi connectivity index (χ1) is 28.3. The lowest BCUT2D eigenvalue weighted by atomic mass is 9.98. The van der Waals surface area contributed by atoms with Crippen LogP contribution in [0.2, 0.25) is 10.0 Å². The van der Waals surface area contributed by atoms with Crippen molar-refractivity contribution in [3.05, 3.63) is 63.1 Å². The van der Waals surface area contributed by atoms with Gasteiger partial charge in [-0.1, -0.05) is 153 Å². The van der Waals surface area contributed by atoms with Crippen molar-refractivity contribution in [3.63, 3.8) is 0 Å². The third kappa shape index (κ3) is 16.2. The third-order valence-electron chi connectivity index (χ3n) is 10.4. The number of ether oxygens (including phenoxy) is 3. The highest BCUT2D eigenvalue weighted by Crippen LogP contribution is 2.31. The zero-order valence-electron chi connectivity index (χ0n) is 35.5. The number of nitrogens with one attached hydrogen (secondary N) is 1. The first kappa shape index (κ1) is 49.4. The van der Waals surface area contributed by atoms with Crippen molar-refractivity contribution < 1.29 is 43.0 Å². The van der Waals surface area contributed by atoms with E-state index in [2.05, 4.69) is 19.2 Å². The lowest BCUT2D eigenvalue weighted by Gasteiger charge is -2.24. The molecule has 1 heterocycles. The number of hydrogen-bond donors (Lipinski definition) is 1. The number of Topliss-reactive ketones (excluding diaryl/α,β-unsaturated/α-hetero) is 1. The van der Waals surface area contributed by atoms with E-state index in [0.717, 1.165) is 38.5 Å². The van der Waals surface area contributed by atoms with Gasteiger partial charge in [-0.3, -0.25) is 14.4 Å². The zero-order chi connectivity index (χ0) is 43.2. The quantitative estimate of drug-likeness (QED) is 0.0278. The highest BCUT2D eigenvalue weighted by atomic mass is 35.5. The van der Waals surface area contributed by atoms with Gasteiger partial charge in [-0.15, -0.1) is 0 Å². The minimum atomic E-state index is -2.13. The van der Waals surface area contributed by atoms with E-state index >= 15 is 0 Å². The molecule has 11 nitrogen and oxygen atoms in total. The van der Waals surface area contributed by atoms with Gasteiger partial charge in [-0.25, -0.2) is 19.3 Å². The van der Waals surface area contributed by atoms with Crippen molar-refractivity contribution in [2.45, 2.75) is 168 Å². The van der Waals surface area contributed by atoms with E-state index in [1.165, 1.54) is 127 Å². The molecule has 1 aliphatic rings. The van der Waals surface area contributed by atoms with Gasteiger partial charge in [0.05, 0.1) is 40.1 Å². The molecular formula is C46H64Cl2N2O9. The molecule has 59 heavy (non-hydrogen) atoms. The van der Waals surface area contributed by atoms with Gasteiger partial charge in [0.2, 0.25) is 0 Å². The summed E-state index contributed by atoms with van der Waals surface area (Å²) < 4.78 is 16.2. The molecule has 1 N–H and O–H groups in total. The second-order valence-electron chi connectivity index (χ2n) is 15.8. The van der Waals surface area contributed by atoms with Gasteiger partial charge in [0, 0.05) is 5.56 Å². The van der Waals surface area contributed by atoms with Crippen molar-refractivity contribution in [2.24, 2.45) is 0 Å². The van der Waals surface area contributed by atoms with Gasteiger partial charge in [0.25, 0.3) is 11.8 Å². The number of anilines is 1. The van der Waals surface area contributed by atoms with Crippen molar-refractivity contribution >= 4 is 64.5 Å². The van der Waals surface area contributed by atoms with Crippen LogP contribution in [0.1, 0.15) is 187 Å². The van der Waals surface area contributed by atoms with Crippen LogP contribution in [0, 0.1) is 0 Å². The third-order valence-corrected chi connectivity index (χ3v) is 11.1. The van der Waals surface area contributed by atoms with Crippen LogP contribution in [-0.2, 0) is 23.8 Å². The molecule has 326 valence electrons. The van der Waals surface area contributed by atoms with Crippen LogP contribution in [-0.4, -0.2) is 65.4 Å². The number of ketones is 1. The van der Waals surface area contributed by atoms with Crippen LogP contribution >= 0.6 is 23.2 Å². The topological polar surface area (TPSA) is 145 Å². The number of hydrogen-bond acceptors (Lipinski definition) is 9. The van der Waals surface area contributed by atoms with Crippen LogP contribution in [0.25, 0.3) is 0 Å². The summed E-state index contributed by atoms with van der Waals surface area (Å²) in [6.45, 7) is 7.46. The summed E-state index contributed by atoms with van der Waals surface area (Å²) in [4.78, 5) is 81.2. The van der Waals surface area contributed by atoms with Gasteiger partial charge in [-0.2, -0.15) is 0 Å². The number of unbranched alkanes of at least 4 members (excludes halogenated alkanes) is 18. The summed E-state index contributed by atoms with van der Waals surface area (Å²) >= 11 is 12.9. The molecule has 1 saturated heterocycles. The molecule has 3 amide bonds. The molecule has 2 aromatic rings. The molecule has 0 spiro atoms. The smallest absolute Gasteiger partial charge is 0.418 e. The van der Waals surface area contributed by atoms with Gasteiger partial charge >= 0.3 is 18.0 Å².